The van der Waals surface area contributed by atoms with E-state index in [4.69, 9.17) is 21.1 Å². The summed E-state index contributed by atoms with van der Waals surface area (Å²) < 4.78 is 27.3. The molecular formula is C25H21ClFN3O3. The zero-order chi connectivity index (χ0) is 23.4. The Kier molecular flexibility index (Phi) is 6.70. The standard InChI is InChI=1S/C25H21ClFN3O3/c1-16-10-20(6-7-21(16)26)33-23-8-5-18(12-22(23)27)15-32-24-11-17(2)30(25(31)29-24)14-19-4-3-9-28-13-19/h3-13H,14-15H2,1-2H3. The van der Waals surface area contributed by atoms with Crippen molar-refractivity contribution in [3.05, 3.63) is 111 Å². The van der Waals surface area contributed by atoms with Crippen molar-refractivity contribution in [3.8, 4) is 17.4 Å². The van der Waals surface area contributed by atoms with Crippen molar-refractivity contribution >= 4 is 11.6 Å². The van der Waals surface area contributed by atoms with Gasteiger partial charge in [-0.25, -0.2) is 9.18 Å². The third kappa shape index (κ3) is 5.56. The quantitative estimate of drug-likeness (QED) is 0.362. The van der Waals surface area contributed by atoms with Crippen LogP contribution in [0.5, 0.6) is 17.4 Å². The molecule has 0 N–H and O–H groups in total. The van der Waals surface area contributed by atoms with Crippen LogP contribution in [0.25, 0.3) is 0 Å². The van der Waals surface area contributed by atoms with E-state index in [1.807, 2.05) is 19.1 Å². The first-order chi connectivity index (χ1) is 15.9. The zero-order valence-electron chi connectivity index (χ0n) is 18.1. The van der Waals surface area contributed by atoms with Crippen LogP contribution in [0, 0.1) is 19.7 Å². The van der Waals surface area contributed by atoms with E-state index in [-0.39, 0.29) is 18.2 Å². The van der Waals surface area contributed by atoms with E-state index in [0.29, 0.717) is 28.6 Å². The van der Waals surface area contributed by atoms with Crippen LogP contribution in [-0.2, 0) is 13.2 Å². The fraction of sp³-hybridized carbons (Fsp3) is 0.160. The molecule has 0 bridgehead atoms. The molecule has 0 atom stereocenters. The summed E-state index contributed by atoms with van der Waals surface area (Å²) in [5.74, 6) is 0.232. The van der Waals surface area contributed by atoms with Crippen LogP contribution in [0.2, 0.25) is 5.02 Å². The molecule has 33 heavy (non-hydrogen) atoms. The Morgan fingerprint density at radius 1 is 1.06 bits per heavy atom. The minimum atomic E-state index is -0.528. The van der Waals surface area contributed by atoms with Crippen LogP contribution in [0.4, 0.5) is 4.39 Å². The molecule has 0 saturated carbocycles. The predicted octanol–water partition coefficient (Wildman–Crippen LogP) is 5.47. The average molecular weight is 466 g/mol. The van der Waals surface area contributed by atoms with Crippen molar-refractivity contribution in [2.45, 2.75) is 27.0 Å². The van der Waals surface area contributed by atoms with Crippen LogP contribution in [0.3, 0.4) is 0 Å². The van der Waals surface area contributed by atoms with Crippen LogP contribution in [-0.4, -0.2) is 14.5 Å². The van der Waals surface area contributed by atoms with Gasteiger partial charge in [0, 0.05) is 29.2 Å². The minimum Gasteiger partial charge on any atom is -0.473 e. The molecule has 0 aliphatic carbocycles. The van der Waals surface area contributed by atoms with Gasteiger partial charge in [-0.05, 0) is 66.9 Å². The Balaban J connectivity index is 1.43. The number of ether oxygens (including phenoxy) is 2. The van der Waals surface area contributed by atoms with Gasteiger partial charge in [-0.1, -0.05) is 23.7 Å². The fourth-order valence-corrected chi connectivity index (χ4v) is 3.33. The SMILES string of the molecule is Cc1cc(Oc2ccc(COc3cc(C)n(Cc4cccnc4)c(=O)n3)cc2F)ccc1Cl. The van der Waals surface area contributed by atoms with Gasteiger partial charge in [0.15, 0.2) is 11.6 Å². The van der Waals surface area contributed by atoms with Gasteiger partial charge in [0.25, 0.3) is 0 Å². The molecule has 0 unspecified atom stereocenters. The number of halogens is 2. The Hall–Kier alpha value is -3.71. The molecule has 0 radical (unpaired) electrons. The number of hydrogen-bond donors (Lipinski definition) is 0. The molecular weight excluding hydrogens is 445 g/mol. The molecule has 2 aromatic carbocycles. The molecule has 8 heteroatoms. The molecule has 0 aliphatic heterocycles. The van der Waals surface area contributed by atoms with Gasteiger partial charge in [0.1, 0.15) is 12.4 Å². The predicted molar refractivity (Wildman–Crippen MR) is 124 cm³/mol. The van der Waals surface area contributed by atoms with E-state index < -0.39 is 11.5 Å². The van der Waals surface area contributed by atoms with E-state index in [0.717, 1.165) is 11.1 Å². The summed E-state index contributed by atoms with van der Waals surface area (Å²) in [4.78, 5) is 20.5. The van der Waals surface area contributed by atoms with Crippen molar-refractivity contribution in [3.63, 3.8) is 0 Å². The second-order valence-corrected chi connectivity index (χ2v) is 7.94. The largest absolute Gasteiger partial charge is 0.473 e. The molecule has 2 aromatic heterocycles. The number of pyridine rings is 1. The lowest BCUT2D eigenvalue weighted by molar-refractivity contribution is 0.289. The topological polar surface area (TPSA) is 66.2 Å². The normalized spacial score (nSPS) is 10.8. The first-order valence-corrected chi connectivity index (χ1v) is 10.6. The lowest BCUT2D eigenvalue weighted by Gasteiger charge is -2.12. The molecule has 2 heterocycles. The minimum absolute atomic E-state index is 0.0513. The number of aryl methyl sites for hydroxylation is 2. The van der Waals surface area contributed by atoms with Gasteiger partial charge < -0.3 is 9.47 Å². The summed E-state index contributed by atoms with van der Waals surface area (Å²) >= 11 is 6.01. The Morgan fingerprint density at radius 3 is 2.61 bits per heavy atom. The van der Waals surface area contributed by atoms with E-state index in [2.05, 4.69) is 9.97 Å². The highest BCUT2D eigenvalue weighted by atomic mass is 35.5. The summed E-state index contributed by atoms with van der Waals surface area (Å²) in [6.07, 6.45) is 3.38. The smallest absolute Gasteiger partial charge is 0.351 e. The van der Waals surface area contributed by atoms with Crippen molar-refractivity contribution in [2.24, 2.45) is 0 Å². The maximum Gasteiger partial charge on any atom is 0.351 e. The van der Waals surface area contributed by atoms with Gasteiger partial charge >= 0.3 is 5.69 Å². The lowest BCUT2D eigenvalue weighted by Crippen LogP contribution is -2.26. The van der Waals surface area contributed by atoms with Crippen LogP contribution in [0.1, 0.15) is 22.4 Å². The van der Waals surface area contributed by atoms with Gasteiger partial charge in [-0.15, -0.1) is 0 Å². The molecule has 4 aromatic rings. The van der Waals surface area contributed by atoms with Crippen LogP contribution < -0.4 is 15.2 Å². The molecule has 0 amide bonds. The van der Waals surface area contributed by atoms with E-state index in [1.54, 1.807) is 49.6 Å². The molecule has 0 aliphatic rings. The van der Waals surface area contributed by atoms with Gasteiger partial charge in [-0.2, -0.15) is 4.98 Å². The van der Waals surface area contributed by atoms with Crippen molar-refractivity contribution in [1.29, 1.82) is 0 Å². The molecule has 0 spiro atoms. The summed E-state index contributed by atoms with van der Waals surface area (Å²) in [6.45, 7) is 4.07. The first-order valence-electron chi connectivity index (χ1n) is 10.2. The molecule has 6 nitrogen and oxygen atoms in total. The number of nitrogens with zero attached hydrogens (tertiary/aromatic N) is 3. The summed E-state index contributed by atoms with van der Waals surface area (Å²) in [6, 6.07) is 15.0. The van der Waals surface area contributed by atoms with Crippen LogP contribution >= 0.6 is 11.6 Å². The molecule has 168 valence electrons. The number of rotatable bonds is 7. The maximum atomic E-state index is 14.5. The van der Waals surface area contributed by atoms with Gasteiger partial charge in [-0.3, -0.25) is 9.55 Å². The molecule has 0 saturated heterocycles. The number of hydrogen-bond acceptors (Lipinski definition) is 5. The summed E-state index contributed by atoms with van der Waals surface area (Å²) in [7, 11) is 0. The van der Waals surface area contributed by atoms with E-state index in [9.17, 15) is 9.18 Å². The van der Waals surface area contributed by atoms with Gasteiger partial charge in [0.2, 0.25) is 5.88 Å². The summed E-state index contributed by atoms with van der Waals surface area (Å²) in [5, 5.41) is 0.615. The van der Waals surface area contributed by atoms with Crippen molar-refractivity contribution < 1.29 is 13.9 Å². The number of benzene rings is 2. The summed E-state index contributed by atoms with van der Waals surface area (Å²) in [5.41, 5.74) is 2.57. The highest BCUT2D eigenvalue weighted by Crippen LogP contribution is 2.28. The van der Waals surface area contributed by atoms with Crippen molar-refractivity contribution in [1.82, 2.24) is 14.5 Å². The Labute approximate surface area is 195 Å². The Morgan fingerprint density at radius 2 is 1.91 bits per heavy atom. The third-order valence-electron chi connectivity index (χ3n) is 5.00. The van der Waals surface area contributed by atoms with Crippen LogP contribution in [0.15, 0.2) is 71.8 Å². The zero-order valence-corrected chi connectivity index (χ0v) is 18.8. The van der Waals surface area contributed by atoms with Gasteiger partial charge in [0.05, 0.1) is 6.54 Å². The fourth-order valence-electron chi connectivity index (χ4n) is 3.22. The highest BCUT2D eigenvalue weighted by Gasteiger charge is 2.10. The second kappa shape index (κ2) is 9.83. The monoisotopic (exact) mass is 465 g/mol. The third-order valence-corrected chi connectivity index (χ3v) is 5.42. The van der Waals surface area contributed by atoms with E-state index >= 15 is 0 Å². The number of aromatic nitrogens is 3. The van der Waals surface area contributed by atoms with Crippen molar-refractivity contribution in [2.75, 3.05) is 0 Å². The van der Waals surface area contributed by atoms with E-state index in [1.165, 1.54) is 16.7 Å². The highest BCUT2D eigenvalue weighted by molar-refractivity contribution is 6.31. The maximum absolute atomic E-state index is 14.5. The molecule has 0 fully saturated rings. The molecule has 4 rings (SSSR count). The Bertz CT molecular complexity index is 1340. The average Bonchev–Trinajstić information content (AvgIpc) is 2.79. The first kappa shape index (κ1) is 22.5. The lowest BCUT2D eigenvalue weighted by atomic mass is 10.2. The second-order valence-electron chi connectivity index (χ2n) is 7.53.